The maximum absolute atomic E-state index is 13.2. The lowest BCUT2D eigenvalue weighted by Gasteiger charge is -2.36. The summed E-state index contributed by atoms with van der Waals surface area (Å²) in [6, 6.07) is 0. The van der Waals surface area contributed by atoms with Crippen LogP contribution in [-0.2, 0) is 4.79 Å². The predicted molar refractivity (Wildman–Crippen MR) is 60.9 cm³/mol. The number of hydrogen-bond donors (Lipinski definition) is 0. The first-order valence-corrected chi connectivity index (χ1v) is 6.28. The van der Waals surface area contributed by atoms with Crippen LogP contribution in [0.25, 0.3) is 0 Å². The summed E-state index contributed by atoms with van der Waals surface area (Å²) in [7, 11) is 2.07. The monoisotopic (exact) mass is 228 g/mol. The minimum atomic E-state index is -0.754. The molecule has 0 N–H and O–H groups in total. The molecule has 2 rings (SSSR count). The minimum absolute atomic E-state index is 0.0489. The van der Waals surface area contributed by atoms with Gasteiger partial charge in [0.05, 0.1) is 0 Å². The SMILES string of the molecule is CN1CCN(C(=O)[C@H]2CCC[C@H](F)C2)CC1. The Morgan fingerprint density at radius 1 is 1.19 bits per heavy atom. The standard InChI is InChI=1S/C12H21FN2O/c1-14-5-7-15(8-6-14)12(16)10-3-2-4-11(13)9-10/h10-11H,2-9H2,1H3/t10-,11-/m0/s1. The van der Waals surface area contributed by atoms with Crippen LogP contribution in [-0.4, -0.2) is 55.1 Å². The topological polar surface area (TPSA) is 23.6 Å². The van der Waals surface area contributed by atoms with Gasteiger partial charge in [0.25, 0.3) is 0 Å². The summed E-state index contributed by atoms with van der Waals surface area (Å²) >= 11 is 0. The van der Waals surface area contributed by atoms with Crippen molar-refractivity contribution in [3.8, 4) is 0 Å². The minimum Gasteiger partial charge on any atom is -0.340 e. The third-order valence-electron chi connectivity index (χ3n) is 3.77. The van der Waals surface area contributed by atoms with Crippen LogP contribution in [0.3, 0.4) is 0 Å². The van der Waals surface area contributed by atoms with Crippen LogP contribution >= 0.6 is 0 Å². The van der Waals surface area contributed by atoms with Gasteiger partial charge in [-0.05, 0) is 32.7 Å². The van der Waals surface area contributed by atoms with E-state index < -0.39 is 6.17 Å². The first-order chi connectivity index (χ1) is 7.66. The molecule has 0 bridgehead atoms. The zero-order valence-corrected chi connectivity index (χ0v) is 9.99. The Kier molecular flexibility index (Phi) is 3.79. The second kappa shape index (κ2) is 5.13. The highest BCUT2D eigenvalue weighted by Crippen LogP contribution is 2.28. The lowest BCUT2D eigenvalue weighted by Crippen LogP contribution is -2.49. The van der Waals surface area contributed by atoms with Gasteiger partial charge in [0.2, 0.25) is 5.91 Å². The van der Waals surface area contributed by atoms with E-state index in [9.17, 15) is 9.18 Å². The first-order valence-electron chi connectivity index (χ1n) is 6.28. The van der Waals surface area contributed by atoms with E-state index >= 15 is 0 Å². The smallest absolute Gasteiger partial charge is 0.225 e. The molecule has 0 aromatic rings. The molecule has 1 heterocycles. The van der Waals surface area contributed by atoms with Crippen molar-refractivity contribution in [1.29, 1.82) is 0 Å². The van der Waals surface area contributed by atoms with Crippen LogP contribution in [0, 0.1) is 5.92 Å². The van der Waals surface area contributed by atoms with E-state index in [1.54, 1.807) is 0 Å². The number of piperazine rings is 1. The number of hydrogen-bond acceptors (Lipinski definition) is 2. The van der Waals surface area contributed by atoms with Crippen LogP contribution in [0.2, 0.25) is 0 Å². The van der Waals surface area contributed by atoms with Crippen LogP contribution in [0.1, 0.15) is 25.7 Å². The third kappa shape index (κ3) is 2.73. The highest BCUT2D eigenvalue weighted by Gasteiger charge is 2.31. The Morgan fingerprint density at radius 2 is 1.88 bits per heavy atom. The second-order valence-corrected chi connectivity index (χ2v) is 5.09. The van der Waals surface area contributed by atoms with E-state index in [2.05, 4.69) is 11.9 Å². The quantitative estimate of drug-likeness (QED) is 0.675. The van der Waals surface area contributed by atoms with Crippen molar-refractivity contribution in [1.82, 2.24) is 9.80 Å². The number of likely N-dealkylation sites (N-methyl/N-ethyl adjacent to an activating group) is 1. The maximum Gasteiger partial charge on any atom is 0.225 e. The zero-order valence-electron chi connectivity index (χ0n) is 9.99. The molecule has 2 atom stereocenters. The number of nitrogens with zero attached hydrogens (tertiary/aromatic N) is 2. The number of carbonyl (C=O) groups is 1. The molecule has 2 aliphatic rings. The highest BCUT2D eigenvalue weighted by atomic mass is 19.1. The number of alkyl halides is 1. The normalized spacial score (nSPS) is 32.8. The van der Waals surface area contributed by atoms with E-state index in [0.717, 1.165) is 39.0 Å². The van der Waals surface area contributed by atoms with Gasteiger partial charge in [-0.3, -0.25) is 4.79 Å². The summed E-state index contributed by atoms with van der Waals surface area (Å²) in [5.41, 5.74) is 0. The summed E-state index contributed by atoms with van der Waals surface area (Å²) in [6.07, 6.45) is 2.09. The summed E-state index contributed by atoms with van der Waals surface area (Å²) in [4.78, 5) is 16.3. The van der Waals surface area contributed by atoms with Crippen LogP contribution in [0.4, 0.5) is 4.39 Å². The Hall–Kier alpha value is -0.640. The van der Waals surface area contributed by atoms with Crippen molar-refractivity contribution < 1.29 is 9.18 Å². The predicted octanol–water partition coefficient (Wildman–Crippen LogP) is 1.29. The molecule has 0 spiro atoms. The molecule has 92 valence electrons. The van der Waals surface area contributed by atoms with Crippen LogP contribution < -0.4 is 0 Å². The average molecular weight is 228 g/mol. The molecule has 0 radical (unpaired) electrons. The van der Waals surface area contributed by atoms with Crippen molar-refractivity contribution in [3.63, 3.8) is 0 Å². The van der Waals surface area contributed by atoms with E-state index in [1.165, 1.54) is 0 Å². The second-order valence-electron chi connectivity index (χ2n) is 5.09. The Labute approximate surface area is 96.6 Å². The molecule has 0 aromatic heterocycles. The van der Waals surface area contributed by atoms with E-state index in [4.69, 9.17) is 0 Å². The molecule has 3 nitrogen and oxygen atoms in total. The van der Waals surface area contributed by atoms with Gasteiger partial charge in [-0.25, -0.2) is 4.39 Å². The fraction of sp³-hybridized carbons (Fsp3) is 0.917. The molecule has 1 aliphatic carbocycles. The fourth-order valence-electron chi connectivity index (χ4n) is 2.64. The van der Waals surface area contributed by atoms with E-state index in [0.29, 0.717) is 12.8 Å². The van der Waals surface area contributed by atoms with Crippen molar-refractivity contribution in [2.24, 2.45) is 5.92 Å². The first kappa shape index (κ1) is 11.8. The third-order valence-corrected chi connectivity index (χ3v) is 3.77. The molecule has 0 unspecified atom stereocenters. The fourth-order valence-corrected chi connectivity index (χ4v) is 2.64. The molecular formula is C12H21FN2O. The van der Waals surface area contributed by atoms with Crippen LogP contribution in [0.15, 0.2) is 0 Å². The van der Waals surface area contributed by atoms with Gasteiger partial charge in [0.15, 0.2) is 0 Å². The summed E-state index contributed by atoms with van der Waals surface area (Å²) < 4.78 is 13.2. The summed E-state index contributed by atoms with van der Waals surface area (Å²) in [6.45, 7) is 3.50. The van der Waals surface area contributed by atoms with E-state index in [-0.39, 0.29) is 11.8 Å². The van der Waals surface area contributed by atoms with Crippen molar-refractivity contribution in [2.75, 3.05) is 33.2 Å². The zero-order chi connectivity index (χ0) is 11.5. The molecule has 1 saturated heterocycles. The number of halogens is 1. The summed E-state index contributed by atoms with van der Waals surface area (Å²) in [5, 5.41) is 0. The maximum atomic E-state index is 13.2. The molecule has 1 saturated carbocycles. The average Bonchev–Trinajstić information content (AvgIpc) is 2.29. The lowest BCUT2D eigenvalue weighted by atomic mass is 9.87. The molecular weight excluding hydrogens is 207 g/mol. The van der Waals surface area contributed by atoms with Gasteiger partial charge in [0, 0.05) is 32.1 Å². The van der Waals surface area contributed by atoms with Gasteiger partial charge in [-0.1, -0.05) is 0 Å². The lowest BCUT2D eigenvalue weighted by molar-refractivity contribution is -0.138. The summed E-state index contributed by atoms with van der Waals surface area (Å²) in [5.74, 6) is 0.141. The molecule has 2 fully saturated rings. The molecule has 1 amide bonds. The largest absolute Gasteiger partial charge is 0.340 e. The van der Waals surface area contributed by atoms with Crippen molar-refractivity contribution in [3.05, 3.63) is 0 Å². The number of rotatable bonds is 1. The molecule has 0 aromatic carbocycles. The number of amides is 1. The molecule has 16 heavy (non-hydrogen) atoms. The van der Waals surface area contributed by atoms with Gasteiger partial charge in [0.1, 0.15) is 6.17 Å². The Morgan fingerprint density at radius 3 is 2.50 bits per heavy atom. The van der Waals surface area contributed by atoms with Crippen molar-refractivity contribution >= 4 is 5.91 Å². The molecule has 1 aliphatic heterocycles. The van der Waals surface area contributed by atoms with Gasteiger partial charge < -0.3 is 9.80 Å². The Bertz CT molecular complexity index is 251. The van der Waals surface area contributed by atoms with Gasteiger partial charge in [-0.2, -0.15) is 0 Å². The van der Waals surface area contributed by atoms with E-state index in [1.807, 2.05) is 4.90 Å². The molecule has 4 heteroatoms. The van der Waals surface area contributed by atoms with Crippen molar-refractivity contribution in [2.45, 2.75) is 31.9 Å². The van der Waals surface area contributed by atoms with Gasteiger partial charge >= 0.3 is 0 Å². The van der Waals surface area contributed by atoms with Gasteiger partial charge in [-0.15, -0.1) is 0 Å². The van der Waals surface area contributed by atoms with Crippen LogP contribution in [0.5, 0.6) is 0 Å². The highest BCUT2D eigenvalue weighted by molar-refractivity contribution is 5.79. The Balaban J connectivity index is 1.86. The number of carbonyl (C=O) groups excluding carboxylic acids is 1.